The first-order valence-corrected chi connectivity index (χ1v) is 5.53. The van der Waals surface area contributed by atoms with Crippen LogP contribution in [0.3, 0.4) is 0 Å². The van der Waals surface area contributed by atoms with E-state index in [4.69, 9.17) is 4.84 Å². The van der Waals surface area contributed by atoms with Crippen molar-refractivity contribution in [2.45, 2.75) is 44.7 Å². The molecule has 2 rings (SSSR count). The van der Waals surface area contributed by atoms with Gasteiger partial charge in [-0.25, -0.2) is 0 Å². The summed E-state index contributed by atoms with van der Waals surface area (Å²) in [5.74, 6) is 0. The highest BCUT2D eigenvalue weighted by Crippen LogP contribution is 2.26. The SMILES string of the molecule is CCON(CCNC1CC1)C1CC1. The van der Waals surface area contributed by atoms with Crippen LogP contribution in [0.4, 0.5) is 0 Å². The second-order valence-corrected chi connectivity index (χ2v) is 4.02. The zero-order valence-electron chi connectivity index (χ0n) is 8.46. The van der Waals surface area contributed by atoms with Crippen molar-refractivity contribution in [3.8, 4) is 0 Å². The minimum Gasteiger partial charge on any atom is -0.313 e. The second kappa shape index (κ2) is 4.40. The molecular weight excluding hydrogens is 164 g/mol. The van der Waals surface area contributed by atoms with Crippen LogP contribution in [0.1, 0.15) is 32.6 Å². The van der Waals surface area contributed by atoms with E-state index in [9.17, 15) is 0 Å². The minimum absolute atomic E-state index is 0.723. The van der Waals surface area contributed by atoms with Crippen molar-refractivity contribution in [1.29, 1.82) is 0 Å². The molecule has 0 bridgehead atoms. The number of hydrogen-bond donors (Lipinski definition) is 1. The lowest BCUT2D eigenvalue weighted by molar-refractivity contribution is -0.160. The fraction of sp³-hybridized carbons (Fsp3) is 1.00. The molecule has 0 radical (unpaired) electrons. The molecule has 2 saturated carbocycles. The van der Waals surface area contributed by atoms with E-state index in [1.165, 1.54) is 25.7 Å². The van der Waals surface area contributed by atoms with E-state index in [1.807, 2.05) is 0 Å². The highest BCUT2D eigenvalue weighted by Gasteiger charge is 2.29. The van der Waals surface area contributed by atoms with Crippen LogP contribution >= 0.6 is 0 Å². The van der Waals surface area contributed by atoms with Gasteiger partial charge < -0.3 is 5.32 Å². The smallest absolute Gasteiger partial charge is 0.0657 e. The van der Waals surface area contributed by atoms with Gasteiger partial charge in [0.25, 0.3) is 0 Å². The molecule has 0 aromatic heterocycles. The first kappa shape index (κ1) is 9.44. The van der Waals surface area contributed by atoms with E-state index in [0.29, 0.717) is 0 Å². The summed E-state index contributed by atoms with van der Waals surface area (Å²) in [5.41, 5.74) is 0. The molecule has 0 amide bonds. The number of nitrogens with zero attached hydrogens (tertiary/aromatic N) is 1. The Morgan fingerprint density at radius 1 is 1.31 bits per heavy atom. The van der Waals surface area contributed by atoms with Crippen LogP contribution in [0, 0.1) is 0 Å². The molecule has 3 heteroatoms. The molecule has 0 spiro atoms. The van der Waals surface area contributed by atoms with Gasteiger partial charge in [0.15, 0.2) is 0 Å². The molecule has 0 unspecified atom stereocenters. The van der Waals surface area contributed by atoms with Crippen LogP contribution in [0.25, 0.3) is 0 Å². The monoisotopic (exact) mass is 184 g/mol. The minimum atomic E-state index is 0.723. The maximum Gasteiger partial charge on any atom is 0.0657 e. The third-order valence-corrected chi connectivity index (χ3v) is 2.59. The molecule has 0 atom stereocenters. The van der Waals surface area contributed by atoms with Gasteiger partial charge in [-0.3, -0.25) is 4.84 Å². The number of nitrogens with one attached hydrogen (secondary N) is 1. The zero-order valence-corrected chi connectivity index (χ0v) is 8.46. The summed E-state index contributed by atoms with van der Waals surface area (Å²) >= 11 is 0. The molecule has 3 nitrogen and oxygen atoms in total. The van der Waals surface area contributed by atoms with Gasteiger partial charge in [0.2, 0.25) is 0 Å². The summed E-state index contributed by atoms with van der Waals surface area (Å²) in [5, 5.41) is 5.67. The Hall–Kier alpha value is -0.120. The van der Waals surface area contributed by atoms with Crippen LogP contribution in [-0.4, -0.2) is 36.8 Å². The summed E-state index contributed by atoms with van der Waals surface area (Å²) in [6.07, 6.45) is 5.39. The average Bonchev–Trinajstić information content (AvgIpc) is 2.98. The van der Waals surface area contributed by atoms with Gasteiger partial charge in [-0.05, 0) is 32.6 Å². The number of rotatable bonds is 7. The molecule has 2 aliphatic rings. The van der Waals surface area contributed by atoms with Gasteiger partial charge in [0.1, 0.15) is 0 Å². The van der Waals surface area contributed by atoms with E-state index in [-0.39, 0.29) is 0 Å². The lowest BCUT2D eigenvalue weighted by Crippen LogP contribution is -2.34. The average molecular weight is 184 g/mol. The van der Waals surface area contributed by atoms with Crippen LogP contribution < -0.4 is 5.32 Å². The molecule has 0 saturated heterocycles. The van der Waals surface area contributed by atoms with E-state index >= 15 is 0 Å². The van der Waals surface area contributed by atoms with Gasteiger partial charge in [-0.1, -0.05) is 0 Å². The fourth-order valence-corrected chi connectivity index (χ4v) is 1.55. The van der Waals surface area contributed by atoms with Gasteiger partial charge in [-0.15, -0.1) is 0 Å². The highest BCUT2D eigenvalue weighted by atomic mass is 16.7. The van der Waals surface area contributed by atoms with Crippen molar-refractivity contribution in [1.82, 2.24) is 10.4 Å². The van der Waals surface area contributed by atoms with E-state index in [0.717, 1.165) is 31.8 Å². The largest absolute Gasteiger partial charge is 0.313 e. The van der Waals surface area contributed by atoms with Crippen molar-refractivity contribution >= 4 is 0 Å². The standard InChI is InChI=1S/C10H20N2O/c1-2-13-12(10-5-6-10)8-7-11-9-3-4-9/h9-11H,2-8H2,1H3. The summed E-state index contributed by atoms with van der Waals surface area (Å²) in [6.45, 7) is 5.00. The molecular formula is C10H20N2O. The maximum absolute atomic E-state index is 5.56. The second-order valence-electron chi connectivity index (χ2n) is 4.02. The molecule has 0 aliphatic heterocycles. The molecule has 1 N–H and O–H groups in total. The van der Waals surface area contributed by atoms with Crippen LogP contribution in [0.5, 0.6) is 0 Å². The van der Waals surface area contributed by atoms with E-state index in [2.05, 4.69) is 17.3 Å². The number of hydrogen-bond acceptors (Lipinski definition) is 3. The molecule has 13 heavy (non-hydrogen) atoms. The van der Waals surface area contributed by atoms with Crippen molar-refractivity contribution in [3.63, 3.8) is 0 Å². The topological polar surface area (TPSA) is 24.5 Å². The molecule has 2 aliphatic carbocycles. The summed E-state index contributed by atoms with van der Waals surface area (Å²) in [4.78, 5) is 5.56. The zero-order chi connectivity index (χ0) is 9.10. The highest BCUT2D eigenvalue weighted by molar-refractivity contribution is 4.83. The van der Waals surface area contributed by atoms with Crippen LogP contribution in [-0.2, 0) is 4.84 Å². The Morgan fingerprint density at radius 3 is 2.62 bits per heavy atom. The normalized spacial score (nSPS) is 22.6. The van der Waals surface area contributed by atoms with Crippen molar-refractivity contribution in [2.75, 3.05) is 19.7 Å². The maximum atomic E-state index is 5.56. The quantitative estimate of drug-likeness (QED) is 0.601. The number of hydroxylamine groups is 2. The van der Waals surface area contributed by atoms with Crippen LogP contribution in [0.15, 0.2) is 0 Å². The predicted octanol–water partition coefficient (Wildman–Crippen LogP) is 1.15. The Morgan fingerprint density at radius 2 is 2.08 bits per heavy atom. The Balaban J connectivity index is 1.57. The van der Waals surface area contributed by atoms with Gasteiger partial charge in [-0.2, -0.15) is 5.06 Å². The fourth-order valence-electron chi connectivity index (χ4n) is 1.55. The third-order valence-electron chi connectivity index (χ3n) is 2.59. The van der Waals surface area contributed by atoms with Crippen molar-refractivity contribution in [2.24, 2.45) is 0 Å². The first-order chi connectivity index (χ1) is 6.40. The van der Waals surface area contributed by atoms with Gasteiger partial charge in [0.05, 0.1) is 6.61 Å². The lowest BCUT2D eigenvalue weighted by atomic mass is 10.5. The third kappa shape index (κ3) is 3.25. The molecule has 76 valence electrons. The van der Waals surface area contributed by atoms with Crippen molar-refractivity contribution in [3.05, 3.63) is 0 Å². The molecule has 0 heterocycles. The molecule has 0 aromatic carbocycles. The summed E-state index contributed by atoms with van der Waals surface area (Å²) in [7, 11) is 0. The Bertz CT molecular complexity index is 155. The first-order valence-electron chi connectivity index (χ1n) is 5.53. The summed E-state index contributed by atoms with van der Waals surface area (Å²) < 4.78 is 0. The van der Waals surface area contributed by atoms with E-state index < -0.39 is 0 Å². The van der Waals surface area contributed by atoms with Crippen LogP contribution in [0.2, 0.25) is 0 Å². The van der Waals surface area contributed by atoms with E-state index in [1.54, 1.807) is 0 Å². The van der Waals surface area contributed by atoms with Crippen molar-refractivity contribution < 1.29 is 4.84 Å². The Labute approximate surface area is 80.4 Å². The lowest BCUT2D eigenvalue weighted by Gasteiger charge is -2.20. The Kier molecular flexibility index (Phi) is 3.19. The predicted molar refractivity (Wildman–Crippen MR) is 52.4 cm³/mol. The molecule has 2 fully saturated rings. The summed E-state index contributed by atoms with van der Waals surface area (Å²) in [6, 6.07) is 1.55. The van der Waals surface area contributed by atoms with Gasteiger partial charge in [0, 0.05) is 25.2 Å². The van der Waals surface area contributed by atoms with Gasteiger partial charge >= 0.3 is 0 Å². The molecule has 0 aromatic rings.